The van der Waals surface area contributed by atoms with E-state index >= 15 is 0 Å². The zero-order chi connectivity index (χ0) is 2.00. The Hall–Kier alpha value is 3.14. The third kappa shape index (κ3) is 8.93. The topological polar surface area (TPSA) is 17.1 Å². The van der Waals surface area contributed by atoms with Gasteiger partial charge in [-0.25, -0.2) is 0 Å². The maximum absolute atomic E-state index is 7.94. The first-order valence-corrected chi connectivity index (χ1v) is 0.561. The van der Waals surface area contributed by atoms with Crippen LogP contribution >= 0.6 is 0 Å². The van der Waals surface area contributed by atoms with Crippen molar-refractivity contribution in [1.29, 1.82) is 0 Å². The molecular formula is HCoKLaO. The van der Waals surface area contributed by atoms with Crippen molar-refractivity contribution in [3.63, 3.8) is 0 Å². The molecule has 20 valence electrons. The fraction of sp³-hybridized carbons (Fsp3) is 0. The minimum atomic E-state index is 0. The summed E-state index contributed by atoms with van der Waals surface area (Å²) in [6, 6.07) is 0. The second-order valence-electron chi connectivity index (χ2n) is 0. The molecule has 0 aliphatic rings. The average Bonchev–Trinajstić information content (AvgIpc) is 1.00. The van der Waals surface area contributed by atoms with E-state index in [-0.39, 0.29) is 88.4 Å². The van der Waals surface area contributed by atoms with Gasteiger partial charge < -0.3 is 1.43 Å². The van der Waals surface area contributed by atoms with Crippen LogP contribution in [0.1, 0.15) is 1.43 Å². The zero-order valence-corrected chi connectivity index (χ0v) is 10.1. The van der Waals surface area contributed by atoms with Crippen LogP contribution in [0.5, 0.6) is 0 Å². The fourth-order valence-corrected chi connectivity index (χ4v) is 0. The van der Waals surface area contributed by atoms with Crippen molar-refractivity contribution in [1.82, 2.24) is 0 Å². The molecule has 0 saturated carbocycles. The van der Waals surface area contributed by atoms with Crippen LogP contribution < -0.4 is 51.4 Å². The van der Waals surface area contributed by atoms with Crippen molar-refractivity contribution >= 4 is 0 Å². The molecule has 1 nitrogen and oxygen atoms in total. The van der Waals surface area contributed by atoms with Crippen LogP contribution in [-0.4, -0.2) is 0 Å². The average molecular weight is 254 g/mol. The summed E-state index contributed by atoms with van der Waals surface area (Å²) in [5.41, 5.74) is 0. The summed E-state index contributed by atoms with van der Waals surface area (Å²) in [4.78, 5) is 0. The summed E-state index contributed by atoms with van der Waals surface area (Å²) in [7, 11) is 0. The predicted molar refractivity (Wildman–Crippen MR) is 1.80 cm³/mol. The summed E-state index contributed by atoms with van der Waals surface area (Å²) < 4.78 is 7.94. The second-order valence-corrected chi connectivity index (χ2v) is 0. The standard InChI is InChI=1S/Co.K.La.O.H/q;+1;;;-1. The molecule has 0 aromatic rings. The molecule has 0 bridgehead atoms. The molecule has 4 heavy (non-hydrogen) atoms. The van der Waals surface area contributed by atoms with Crippen molar-refractivity contribution in [3.05, 3.63) is 0 Å². The first kappa shape index (κ1) is 15.7. The molecule has 0 fully saturated rings. The quantitative estimate of drug-likeness (QED) is 0.421. The third-order valence-electron chi connectivity index (χ3n) is 0. The van der Waals surface area contributed by atoms with Crippen LogP contribution in [0, 0.1) is 35.6 Å². The maximum atomic E-state index is 7.94. The molecule has 0 rings (SSSR count). The van der Waals surface area contributed by atoms with E-state index in [1.54, 1.807) is 0 Å². The van der Waals surface area contributed by atoms with Crippen LogP contribution in [-0.2, 0) is 19.5 Å². The van der Waals surface area contributed by atoms with Crippen LogP contribution in [0.4, 0.5) is 0 Å². The molecule has 0 saturated heterocycles. The summed E-state index contributed by atoms with van der Waals surface area (Å²) in [6.45, 7) is 0. The van der Waals surface area contributed by atoms with Gasteiger partial charge in [0.2, 0.25) is 0 Å². The first-order valence-electron chi connectivity index (χ1n) is 0.136. The Morgan fingerprint density at radius 3 is 1.50 bits per heavy atom. The normalized spacial score (nSPS) is 1.25. The van der Waals surface area contributed by atoms with Gasteiger partial charge in [-0.2, -0.15) is 0 Å². The predicted octanol–water partition coefficient (Wildman–Crippen LogP) is -3.00. The summed E-state index contributed by atoms with van der Waals surface area (Å²) in [5.74, 6) is 0. The molecule has 0 aromatic carbocycles. The molecule has 0 amide bonds. The Morgan fingerprint density at radius 2 is 1.50 bits per heavy atom. The second kappa shape index (κ2) is 16.5. The Bertz CT molecular complexity index is 11.6. The van der Waals surface area contributed by atoms with E-state index in [0.717, 1.165) is 0 Å². The minimum absolute atomic E-state index is 0. The van der Waals surface area contributed by atoms with Gasteiger partial charge in [-0.15, -0.1) is 0 Å². The van der Waals surface area contributed by atoms with Crippen molar-refractivity contribution in [2.24, 2.45) is 0 Å². The van der Waals surface area contributed by atoms with Gasteiger partial charge in [0.05, 0.1) is 0 Å². The molecule has 4 heteroatoms. The van der Waals surface area contributed by atoms with Gasteiger partial charge in [0.1, 0.15) is 0 Å². The summed E-state index contributed by atoms with van der Waals surface area (Å²) >= 11 is 2.31. The van der Waals surface area contributed by atoms with Crippen LogP contribution in [0.2, 0.25) is 0 Å². The zero-order valence-electron chi connectivity index (χ0n) is 3.32. The Labute approximate surface area is 105 Å². The van der Waals surface area contributed by atoms with Crippen molar-refractivity contribution in [3.8, 4) is 0 Å². The van der Waals surface area contributed by atoms with E-state index < -0.39 is 0 Å². The van der Waals surface area contributed by atoms with E-state index in [9.17, 15) is 0 Å². The first-order chi connectivity index (χ1) is 1.00. The molecule has 0 spiro atoms. The van der Waals surface area contributed by atoms with E-state index in [4.69, 9.17) is 3.87 Å². The Morgan fingerprint density at radius 1 is 1.50 bits per heavy atom. The number of hydrogen-bond donors (Lipinski definition) is 0. The van der Waals surface area contributed by atoms with Crippen molar-refractivity contribution in [2.45, 2.75) is 0 Å². The van der Waals surface area contributed by atoms with Gasteiger partial charge in [-0.1, -0.05) is 0 Å². The molecule has 0 atom stereocenters. The molecule has 0 heterocycles. The molecule has 0 aromatic heterocycles. The van der Waals surface area contributed by atoms with Gasteiger partial charge in [0, 0.05) is 35.6 Å². The van der Waals surface area contributed by atoms with Gasteiger partial charge >= 0.3 is 70.9 Å². The fourth-order valence-electron chi connectivity index (χ4n) is 0. The van der Waals surface area contributed by atoms with Crippen molar-refractivity contribution in [2.75, 3.05) is 0 Å². The van der Waals surface area contributed by atoms with Gasteiger partial charge in [0.25, 0.3) is 0 Å². The number of rotatable bonds is 0. The van der Waals surface area contributed by atoms with Gasteiger partial charge in [0.15, 0.2) is 0 Å². The van der Waals surface area contributed by atoms with Gasteiger partial charge in [-0.3, -0.25) is 0 Å². The molecular weight excluding hydrogens is 253 g/mol. The number of hydrogen-bond acceptors (Lipinski definition) is 1. The van der Waals surface area contributed by atoms with Crippen LogP contribution in [0.3, 0.4) is 0 Å². The van der Waals surface area contributed by atoms with E-state index in [1.807, 2.05) is 0 Å². The molecule has 0 aliphatic carbocycles. The monoisotopic (exact) mass is 254 g/mol. The van der Waals surface area contributed by atoms with Crippen LogP contribution in [0.15, 0.2) is 0 Å². The molecule has 1 radical (unpaired) electrons. The SMILES string of the molecule is [H-].[K+].[La].[O]=[Co]. The van der Waals surface area contributed by atoms with E-state index in [1.165, 1.54) is 0 Å². The van der Waals surface area contributed by atoms with Crippen LogP contribution in [0.25, 0.3) is 0 Å². The molecule has 0 unspecified atom stereocenters. The van der Waals surface area contributed by atoms with E-state index in [0.29, 0.717) is 0 Å². The third-order valence-corrected chi connectivity index (χ3v) is 0. The molecule has 0 N–H and O–H groups in total. The van der Waals surface area contributed by atoms with Gasteiger partial charge in [-0.05, 0) is 0 Å². The Balaban J connectivity index is -0.00000000167. The van der Waals surface area contributed by atoms with E-state index in [2.05, 4.69) is 15.7 Å². The Kier molecular flexibility index (Phi) is 64.6. The summed E-state index contributed by atoms with van der Waals surface area (Å²) in [5, 5.41) is 0. The van der Waals surface area contributed by atoms with Crippen molar-refractivity contribution < 1.29 is 108 Å². The summed E-state index contributed by atoms with van der Waals surface area (Å²) in [6.07, 6.45) is 0. The molecule has 0 aliphatic heterocycles.